The minimum atomic E-state index is -0.600. The molecule has 1 N–H and O–H groups in total. The average molecular weight is 487 g/mol. The van der Waals surface area contributed by atoms with Gasteiger partial charge in [-0.15, -0.1) is 5.10 Å². The molecule has 0 saturated heterocycles. The van der Waals surface area contributed by atoms with Crippen molar-refractivity contribution in [3.05, 3.63) is 95.6 Å². The van der Waals surface area contributed by atoms with Crippen LogP contribution in [0.1, 0.15) is 29.7 Å². The van der Waals surface area contributed by atoms with Gasteiger partial charge in [0, 0.05) is 17.7 Å². The molecular weight excluding hydrogens is 463 g/mol. The first-order chi connectivity index (χ1) is 17.0. The summed E-state index contributed by atoms with van der Waals surface area (Å²) in [5.74, 6) is -0.251. The molecule has 0 spiro atoms. The highest BCUT2D eigenvalue weighted by molar-refractivity contribution is 7.98. The fourth-order valence-corrected chi connectivity index (χ4v) is 4.87. The monoisotopic (exact) mass is 486 g/mol. The smallest absolute Gasteiger partial charge is 0.249 e. The van der Waals surface area contributed by atoms with Gasteiger partial charge in [-0.1, -0.05) is 59.8 Å². The molecule has 0 bridgehead atoms. The Morgan fingerprint density at radius 2 is 1.89 bits per heavy atom. The van der Waals surface area contributed by atoms with E-state index >= 15 is 0 Å². The zero-order chi connectivity index (χ0) is 24.4. The summed E-state index contributed by atoms with van der Waals surface area (Å²) in [6.07, 6.45) is 3.26. The number of benzene rings is 2. The largest absolute Gasteiger partial charge is 0.324 e. The third-order valence-corrected chi connectivity index (χ3v) is 6.73. The summed E-state index contributed by atoms with van der Waals surface area (Å²) in [7, 11) is 0. The number of halogens is 1. The Morgan fingerprint density at radius 1 is 1.09 bits per heavy atom. The second-order valence-electron chi connectivity index (χ2n) is 8.34. The van der Waals surface area contributed by atoms with Gasteiger partial charge in [-0.2, -0.15) is 4.98 Å². The summed E-state index contributed by atoms with van der Waals surface area (Å²) in [5, 5.41) is 8.13. The number of thioether (sulfide) groups is 1. The number of carbonyl (C=O) groups excluding carboxylic acids is 1. The lowest BCUT2D eigenvalue weighted by molar-refractivity contribution is -0.118. The maximum atomic E-state index is 14.1. The van der Waals surface area contributed by atoms with Gasteiger partial charge in [-0.05, 0) is 43.2 Å². The molecule has 1 amide bonds. The molecule has 3 heterocycles. The Balaban J connectivity index is 1.49. The minimum Gasteiger partial charge on any atom is -0.324 e. The average Bonchev–Trinajstić information content (AvgIpc) is 3.26. The number of hydrogen-bond donors (Lipinski definition) is 1. The van der Waals surface area contributed by atoms with E-state index in [9.17, 15) is 9.18 Å². The van der Waals surface area contributed by atoms with Gasteiger partial charge in [0.2, 0.25) is 17.0 Å². The molecule has 1 aliphatic rings. The summed E-state index contributed by atoms with van der Waals surface area (Å²) in [6, 6.07) is 17.8. The lowest BCUT2D eigenvalue weighted by Crippen LogP contribution is -2.39. The van der Waals surface area contributed by atoms with Crippen molar-refractivity contribution < 1.29 is 9.18 Å². The standard InChI is InChI=1S/C26H23FN6OS/c1-16-9-11-18(12-10-16)23-22(24(34)30-20-7-5-13-28-14-20)17(2)29-25-31-26(32-33(23)25)35-15-19-6-3-4-8-21(19)27/h3-14,22-23H,15H2,1-2H3,(H,30,34). The van der Waals surface area contributed by atoms with Crippen LogP contribution in [0.3, 0.4) is 0 Å². The van der Waals surface area contributed by atoms with E-state index in [-0.39, 0.29) is 11.7 Å². The number of fused-ring (bicyclic) bond motifs is 1. The van der Waals surface area contributed by atoms with E-state index < -0.39 is 12.0 Å². The molecule has 2 unspecified atom stereocenters. The van der Waals surface area contributed by atoms with Crippen LogP contribution in [0.25, 0.3) is 0 Å². The maximum absolute atomic E-state index is 14.1. The molecule has 2 aromatic heterocycles. The van der Waals surface area contributed by atoms with Crippen LogP contribution in [0.4, 0.5) is 16.0 Å². The number of pyridine rings is 1. The van der Waals surface area contributed by atoms with E-state index in [1.165, 1.54) is 17.8 Å². The van der Waals surface area contributed by atoms with E-state index in [1.54, 1.807) is 47.4 Å². The normalized spacial score (nSPS) is 16.9. The van der Waals surface area contributed by atoms with Crippen LogP contribution in [0, 0.1) is 18.7 Å². The minimum absolute atomic E-state index is 0.202. The molecule has 0 radical (unpaired) electrons. The van der Waals surface area contributed by atoms with Crippen LogP contribution >= 0.6 is 11.8 Å². The van der Waals surface area contributed by atoms with Gasteiger partial charge in [0.1, 0.15) is 11.7 Å². The molecule has 35 heavy (non-hydrogen) atoms. The SMILES string of the molecule is CC1=Nc2nc(SCc3ccccc3F)nn2C(c2ccc(C)cc2)C1C(=O)Nc1cccnc1. The number of aliphatic imine (C=N–C) groups is 1. The molecule has 176 valence electrons. The first-order valence-corrected chi connectivity index (χ1v) is 12.1. The predicted molar refractivity (Wildman–Crippen MR) is 134 cm³/mol. The van der Waals surface area contributed by atoms with Gasteiger partial charge in [0.15, 0.2) is 0 Å². The lowest BCUT2D eigenvalue weighted by atomic mass is 9.87. The lowest BCUT2D eigenvalue weighted by Gasteiger charge is -2.30. The van der Waals surface area contributed by atoms with Crippen LogP contribution in [-0.2, 0) is 10.5 Å². The van der Waals surface area contributed by atoms with Gasteiger partial charge in [0.25, 0.3) is 0 Å². The molecule has 9 heteroatoms. The first-order valence-electron chi connectivity index (χ1n) is 11.1. The molecule has 0 saturated carbocycles. The fourth-order valence-electron chi connectivity index (χ4n) is 4.06. The van der Waals surface area contributed by atoms with Crippen molar-refractivity contribution in [2.45, 2.75) is 30.8 Å². The van der Waals surface area contributed by atoms with Gasteiger partial charge in [-0.25, -0.2) is 14.1 Å². The van der Waals surface area contributed by atoms with Crippen LogP contribution in [0.5, 0.6) is 0 Å². The van der Waals surface area contributed by atoms with Crippen LogP contribution in [0.2, 0.25) is 0 Å². The third kappa shape index (κ3) is 4.85. The Kier molecular flexibility index (Phi) is 6.41. The molecule has 7 nitrogen and oxygen atoms in total. The Labute approximate surface area is 206 Å². The van der Waals surface area contributed by atoms with Crippen molar-refractivity contribution in [1.82, 2.24) is 19.7 Å². The van der Waals surface area contributed by atoms with E-state index in [0.717, 1.165) is 11.1 Å². The number of carbonyl (C=O) groups is 1. The number of rotatable bonds is 6. The summed E-state index contributed by atoms with van der Waals surface area (Å²) in [5.41, 5.74) is 3.87. The second-order valence-corrected chi connectivity index (χ2v) is 9.28. The van der Waals surface area contributed by atoms with E-state index in [1.807, 2.05) is 38.1 Å². The number of nitrogens with zero attached hydrogens (tertiary/aromatic N) is 5. The molecule has 5 rings (SSSR count). The summed E-state index contributed by atoms with van der Waals surface area (Å²) in [4.78, 5) is 26.7. The third-order valence-electron chi connectivity index (χ3n) is 5.84. The molecule has 2 atom stereocenters. The summed E-state index contributed by atoms with van der Waals surface area (Å²) < 4.78 is 15.8. The van der Waals surface area contributed by atoms with Gasteiger partial charge >= 0.3 is 0 Å². The van der Waals surface area contributed by atoms with Crippen molar-refractivity contribution >= 4 is 35.0 Å². The molecule has 2 aromatic carbocycles. The van der Waals surface area contributed by atoms with Crippen molar-refractivity contribution in [3.63, 3.8) is 0 Å². The zero-order valence-electron chi connectivity index (χ0n) is 19.2. The van der Waals surface area contributed by atoms with Crippen LogP contribution in [0.15, 0.2) is 83.2 Å². The van der Waals surface area contributed by atoms with Gasteiger partial charge in [-0.3, -0.25) is 9.78 Å². The molecule has 0 aliphatic carbocycles. The van der Waals surface area contributed by atoms with Crippen molar-refractivity contribution in [2.75, 3.05) is 5.32 Å². The highest BCUT2D eigenvalue weighted by atomic mass is 32.2. The maximum Gasteiger partial charge on any atom is 0.249 e. The van der Waals surface area contributed by atoms with E-state index in [2.05, 4.69) is 20.3 Å². The highest BCUT2D eigenvalue weighted by Gasteiger charge is 2.39. The van der Waals surface area contributed by atoms with Crippen LogP contribution < -0.4 is 5.32 Å². The molecule has 4 aromatic rings. The van der Waals surface area contributed by atoms with Crippen LogP contribution in [-0.4, -0.2) is 31.4 Å². The second kappa shape index (κ2) is 9.79. The van der Waals surface area contributed by atoms with Crippen molar-refractivity contribution in [1.29, 1.82) is 0 Å². The van der Waals surface area contributed by atoms with Gasteiger partial charge in [0.05, 0.1) is 17.9 Å². The Bertz CT molecular complexity index is 1390. The number of aromatic nitrogens is 4. The predicted octanol–water partition coefficient (Wildman–Crippen LogP) is 5.36. The number of amides is 1. The topological polar surface area (TPSA) is 85.1 Å². The summed E-state index contributed by atoms with van der Waals surface area (Å²) in [6.45, 7) is 3.85. The van der Waals surface area contributed by atoms with Crippen molar-refractivity contribution in [2.24, 2.45) is 10.9 Å². The summed E-state index contributed by atoms with van der Waals surface area (Å²) >= 11 is 1.33. The quantitative estimate of drug-likeness (QED) is 0.371. The Hall–Kier alpha value is -3.85. The number of anilines is 1. The first kappa shape index (κ1) is 22.9. The number of hydrogen-bond acceptors (Lipinski definition) is 6. The van der Waals surface area contributed by atoms with Gasteiger partial charge < -0.3 is 5.32 Å². The number of aryl methyl sites for hydroxylation is 1. The zero-order valence-corrected chi connectivity index (χ0v) is 20.0. The molecule has 0 fully saturated rings. The van der Waals surface area contributed by atoms with Crippen molar-refractivity contribution in [3.8, 4) is 0 Å². The highest BCUT2D eigenvalue weighted by Crippen LogP contribution is 2.37. The Morgan fingerprint density at radius 3 is 2.63 bits per heavy atom. The molecule has 1 aliphatic heterocycles. The van der Waals surface area contributed by atoms with E-state index in [4.69, 9.17) is 5.10 Å². The van der Waals surface area contributed by atoms with E-state index in [0.29, 0.717) is 33.8 Å². The fraction of sp³-hybridized carbons (Fsp3) is 0.192. The molecular formula is C26H23FN6OS. The number of nitrogens with one attached hydrogen (secondary N) is 1.